The monoisotopic (exact) mass is 168 g/mol. The summed E-state index contributed by atoms with van der Waals surface area (Å²) in [6, 6.07) is 0. The third kappa shape index (κ3) is 1.27. The summed E-state index contributed by atoms with van der Waals surface area (Å²) in [7, 11) is 0. The van der Waals surface area contributed by atoms with E-state index in [1.54, 1.807) is 0 Å². The van der Waals surface area contributed by atoms with Crippen LogP contribution in [0.5, 0.6) is 0 Å². The third-order valence-corrected chi connectivity index (χ3v) is 2.63. The molecule has 1 atom stereocenters. The van der Waals surface area contributed by atoms with Crippen LogP contribution in [0.15, 0.2) is 5.11 Å². The van der Waals surface area contributed by atoms with E-state index in [4.69, 9.17) is 10.3 Å². The van der Waals surface area contributed by atoms with Gasteiger partial charge in [0.2, 0.25) is 0 Å². The van der Waals surface area contributed by atoms with Crippen LogP contribution in [0.25, 0.3) is 10.4 Å². The van der Waals surface area contributed by atoms with Crippen molar-refractivity contribution in [2.45, 2.75) is 12.5 Å². The largest absolute Gasteiger partial charge is 0.377 e. The van der Waals surface area contributed by atoms with Crippen molar-refractivity contribution in [2.24, 2.45) is 10.5 Å². The summed E-state index contributed by atoms with van der Waals surface area (Å²) in [5.41, 5.74) is 8.49. The highest BCUT2D eigenvalue weighted by atomic mass is 16.5. The van der Waals surface area contributed by atoms with Crippen LogP contribution in [-0.2, 0) is 4.74 Å². The summed E-state index contributed by atoms with van der Waals surface area (Å²) in [5, 5.41) is 6.75. The molecule has 0 bridgehead atoms. The summed E-state index contributed by atoms with van der Waals surface area (Å²) in [6.07, 6.45) is 1.20. The van der Waals surface area contributed by atoms with E-state index in [1.165, 1.54) is 0 Å². The molecule has 2 aliphatic rings. The van der Waals surface area contributed by atoms with Crippen LogP contribution in [-0.4, -0.2) is 32.3 Å². The molecule has 0 aromatic carbocycles. The van der Waals surface area contributed by atoms with E-state index in [0.29, 0.717) is 12.0 Å². The lowest BCUT2D eigenvalue weighted by atomic mass is 9.80. The van der Waals surface area contributed by atoms with Gasteiger partial charge in [-0.1, -0.05) is 5.11 Å². The van der Waals surface area contributed by atoms with E-state index >= 15 is 0 Å². The van der Waals surface area contributed by atoms with Crippen LogP contribution >= 0.6 is 0 Å². The number of azide groups is 1. The zero-order chi connectivity index (χ0) is 8.44. The number of rotatable bonds is 2. The van der Waals surface area contributed by atoms with E-state index in [-0.39, 0.29) is 6.10 Å². The molecule has 5 nitrogen and oxygen atoms in total. The van der Waals surface area contributed by atoms with Gasteiger partial charge in [0.25, 0.3) is 0 Å². The van der Waals surface area contributed by atoms with Gasteiger partial charge >= 0.3 is 0 Å². The molecule has 2 saturated heterocycles. The van der Waals surface area contributed by atoms with E-state index in [0.717, 1.165) is 26.1 Å². The van der Waals surface area contributed by atoms with Crippen LogP contribution in [0.3, 0.4) is 0 Å². The second-order valence-electron chi connectivity index (χ2n) is 3.65. The van der Waals surface area contributed by atoms with Crippen molar-refractivity contribution < 1.29 is 4.74 Å². The highest BCUT2D eigenvalue weighted by Gasteiger charge is 2.44. The highest BCUT2D eigenvalue weighted by molar-refractivity contribution is 4.98. The Labute approximate surface area is 70.7 Å². The van der Waals surface area contributed by atoms with Gasteiger partial charge in [0.05, 0.1) is 19.3 Å². The topological polar surface area (TPSA) is 70.0 Å². The van der Waals surface area contributed by atoms with Crippen molar-refractivity contribution in [1.82, 2.24) is 5.32 Å². The summed E-state index contributed by atoms with van der Waals surface area (Å²) < 4.78 is 5.51. The number of hydrogen-bond donors (Lipinski definition) is 1. The molecule has 0 amide bonds. The van der Waals surface area contributed by atoms with Crippen LogP contribution in [0.1, 0.15) is 6.42 Å². The van der Waals surface area contributed by atoms with Crippen molar-refractivity contribution in [1.29, 1.82) is 0 Å². The van der Waals surface area contributed by atoms with Crippen molar-refractivity contribution >= 4 is 0 Å². The van der Waals surface area contributed by atoms with Gasteiger partial charge in [0, 0.05) is 23.4 Å². The van der Waals surface area contributed by atoms with Crippen LogP contribution in [0.2, 0.25) is 0 Å². The number of hydrogen-bond acceptors (Lipinski definition) is 3. The smallest absolute Gasteiger partial charge is 0.0638 e. The minimum absolute atomic E-state index is 0.156. The number of ether oxygens (including phenoxy) is 1. The van der Waals surface area contributed by atoms with E-state index < -0.39 is 0 Å². The Bertz CT molecular complexity index is 219. The molecule has 1 spiro atoms. The summed E-state index contributed by atoms with van der Waals surface area (Å²) in [5.74, 6) is 0. The van der Waals surface area contributed by atoms with E-state index in [2.05, 4.69) is 15.3 Å². The second-order valence-corrected chi connectivity index (χ2v) is 3.65. The third-order valence-electron chi connectivity index (χ3n) is 2.63. The Morgan fingerprint density at radius 3 is 3.00 bits per heavy atom. The van der Waals surface area contributed by atoms with Gasteiger partial charge in [0.15, 0.2) is 0 Å². The number of nitrogens with one attached hydrogen (secondary N) is 1. The second kappa shape index (κ2) is 2.94. The maximum Gasteiger partial charge on any atom is 0.0638 e. The Hall–Kier alpha value is -0.770. The maximum atomic E-state index is 8.12. The van der Waals surface area contributed by atoms with Crippen LogP contribution in [0, 0.1) is 5.41 Å². The van der Waals surface area contributed by atoms with Crippen LogP contribution in [0.4, 0.5) is 0 Å². The minimum atomic E-state index is 0.156. The fourth-order valence-corrected chi connectivity index (χ4v) is 1.87. The maximum absolute atomic E-state index is 8.12. The first-order valence-corrected chi connectivity index (χ1v) is 4.18. The lowest BCUT2D eigenvalue weighted by molar-refractivity contribution is 0.0830. The molecule has 0 aliphatic carbocycles. The average Bonchev–Trinajstić information content (AvgIpc) is 2.44. The quantitative estimate of drug-likeness (QED) is 0.374. The molecule has 0 aromatic rings. The van der Waals surface area contributed by atoms with Gasteiger partial charge in [-0.3, -0.25) is 0 Å². The van der Waals surface area contributed by atoms with E-state index in [9.17, 15) is 0 Å². The molecule has 0 aromatic heterocycles. The molecular weight excluding hydrogens is 156 g/mol. The summed E-state index contributed by atoms with van der Waals surface area (Å²) in [4.78, 5) is 2.72. The highest BCUT2D eigenvalue weighted by Crippen LogP contribution is 2.35. The standard InChI is InChI=1S/C7H12N4O/c8-11-10-2-6-1-7(5-12-6)3-9-4-7/h6,9H,1-5H2. The lowest BCUT2D eigenvalue weighted by Crippen LogP contribution is -2.53. The Morgan fingerprint density at radius 2 is 2.50 bits per heavy atom. The van der Waals surface area contributed by atoms with Gasteiger partial charge in [-0.25, -0.2) is 0 Å². The number of nitrogens with zero attached hydrogens (tertiary/aromatic N) is 3. The molecule has 2 heterocycles. The lowest BCUT2D eigenvalue weighted by Gasteiger charge is -2.37. The molecule has 2 fully saturated rings. The van der Waals surface area contributed by atoms with Gasteiger partial charge in [-0.05, 0) is 12.0 Å². The zero-order valence-corrected chi connectivity index (χ0v) is 6.86. The van der Waals surface area contributed by atoms with Crippen LogP contribution < -0.4 is 5.32 Å². The van der Waals surface area contributed by atoms with Gasteiger partial charge < -0.3 is 10.1 Å². The molecule has 0 saturated carbocycles. The normalized spacial score (nSPS) is 31.2. The fraction of sp³-hybridized carbons (Fsp3) is 1.00. The SMILES string of the molecule is [N-]=[N+]=NCC1CC2(CNC2)CO1. The van der Waals surface area contributed by atoms with Crippen molar-refractivity contribution in [3.8, 4) is 0 Å². The van der Waals surface area contributed by atoms with Crippen molar-refractivity contribution in [3.05, 3.63) is 10.4 Å². The van der Waals surface area contributed by atoms with Gasteiger partial charge in [0.1, 0.15) is 0 Å². The first kappa shape index (κ1) is 7.86. The molecule has 2 aliphatic heterocycles. The molecule has 2 rings (SSSR count). The first-order chi connectivity index (χ1) is 5.85. The molecule has 0 radical (unpaired) electrons. The summed E-state index contributed by atoms with van der Waals surface area (Å²) in [6.45, 7) is 3.42. The van der Waals surface area contributed by atoms with E-state index in [1.807, 2.05) is 0 Å². The molecule has 66 valence electrons. The average molecular weight is 168 g/mol. The zero-order valence-electron chi connectivity index (χ0n) is 6.86. The van der Waals surface area contributed by atoms with Crippen molar-refractivity contribution in [2.75, 3.05) is 26.2 Å². The first-order valence-electron chi connectivity index (χ1n) is 4.18. The molecule has 1 N–H and O–H groups in total. The minimum Gasteiger partial charge on any atom is -0.377 e. The predicted molar refractivity (Wildman–Crippen MR) is 43.7 cm³/mol. The Balaban J connectivity index is 1.85. The predicted octanol–water partition coefficient (Wildman–Crippen LogP) is 0.675. The van der Waals surface area contributed by atoms with Gasteiger partial charge in [-0.2, -0.15) is 0 Å². The Kier molecular flexibility index (Phi) is 1.92. The molecule has 5 heteroatoms. The fourth-order valence-electron chi connectivity index (χ4n) is 1.87. The van der Waals surface area contributed by atoms with Crippen molar-refractivity contribution in [3.63, 3.8) is 0 Å². The Morgan fingerprint density at radius 1 is 1.67 bits per heavy atom. The van der Waals surface area contributed by atoms with Gasteiger partial charge in [-0.15, -0.1) is 0 Å². The molecule has 12 heavy (non-hydrogen) atoms. The molecular formula is C7H12N4O. The molecule has 1 unspecified atom stereocenters. The summed E-state index contributed by atoms with van der Waals surface area (Å²) >= 11 is 0.